The van der Waals surface area contributed by atoms with E-state index >= 15 is 0 Å². The van der Waals surface area contributed by atoms with Gasteiger partial charge in [0.15, 0.2) is 0 Å². The number of hydrogen-bond donors (Lipinski definition) is 1. The Morgan fingerprint density at radius 1 is 1.25 bits per heavy atom. The third-order valence-corrected chi connectivity index (χ3v) is 4.06. The quantitative estimate of drug-likeness (QED) is 0.821. The predicted octanol–water partition coefficient (Wildman–Crippen LogP) is 2.23. The molecule has 1 aromatic carbocycles. The van der Waals surface area contributed by atoms with Crippen LogP contribution in [0, 0.1) is 0 Å². The third-order valence-electron chi connectivity index (χ3n) is 4.06. The lowest BCUT2D eigenvalue weighted by Crippen LogP contribution is -2.40. The average Bonchev–Trinajstić information content (AvgIpc) is 2.92. The van der Waals surface area contributed by atoms with Crippen LogP contribution < -0.4 is 10.6 Å². The standard InChI is InChI=1S/C14H20N2/c1-2-13(15)16-9-8-11-7-6-10-4-3-5-12(10)14(11)16/h6-7,13H,2-5,8-9,15H2,1H3/t13-/m0/s1. The Labute approximate surface area is 97.4 Å². The van der Waals surface area contributed by atoms with Gasteiger partial charge in [0.1, 0.15) is 0 Å². The van der Waals surface area contributed by atoms with Gasteiger partial charge in [-0.25, -0.2) is 0 Å². The molecule has 0 bridgehead atoms. The van der Waals surface area contributed by atoms with Crippen molar-refractivity contribution in [1.29, 1.82) is 0 Å². The van der Waals surface area contributed by atoms with Gasteiger partial charge >= 0.3 is 0 Å². The number of fused-ring (bicyclic) bond motifs is 3. The van der Waals surface area contributed by atoms with E-state index in [2.05, 4.69) is 24.0 Å². The van der Waals surface area contributed by atoms with Crippen LogP contribution in [0.3, 0.4) is 0 Å². The molecule has 2 heteroatoms. The fraction of sp³-hybridized carbons (Fsp3) is 0.571. The van der Waals surface area contributed by atoms with Crippen molar-refractivity contribution >= 4 is 5.69 Å². The second-order valence-electron chi connectivity index (χ2n) is 4.98. The Kier molecular flexibility index (Phi) is 2.40. The smallest absolute Gasteiger partial charge is 0.0768 e. The molecule has 1 heterocycles. The van der Waals surface area contributed by atoms with Crippen LogP contribution in [0.4, 0.5) is 5.69 Å². The van der Waals surface area contributed by atoms with E-state index in [-0.39, 0.29) is 6.17 Å². The van der Waals surface area contributed by atoms with Crippen LogP contribution in [0.25, 0.3) is 0 Å². The minimum Gasteiger partial charge on any atom is -0.355 e. The van der Waals surface area contributed by atoms with Gasteiger partial charge in [0.25, 0.3) is 0 Å². The van der Waals surface area contributed by atoms with Crippen molar-refractivity contribution in [1.82, 2.24) is 0 Å². The molecule has 0 saturated heterocycles. The lowest BCUT2D eigenvalue weighted by atomic mass is 10.0. The summed E-state index contributed by atoms with van der Waals surface area (Å²) in [6.07, 6.45) is 6.25. The van der Waals surface area contributed by atoms with E-state index in [9.17, 15) is 0 Å². The Hall–Kier alpha value is -1.02. The van der Waals surface area contributed by atoms with Crippen molar-refractivity contribution in [3.8, 4) is 0 Å². The lowest BCUT2D eigenvalue weighted by molar-refractivity contribution is 0.608. The molecule has 2 aliphatic rings. The largest absolute Gasteiger partial charge is 0.355 e. The van der Waals surface area contributed by atoms with E-state index in [0.29, 0.717) is 0 Å². The maximum atomic E-state index is 6.21. The summed E-state index contributed by atoms with van der Waals surface area (Å²) in [5.74, 6) is 0. The Morgan fingerprint density at radius 2 is 2.06 bits per heavy atom. The summed E-state index contributed by atoms with van der Waals surface area (Å²) >= 11 is 0. The van der Waals surface area contributed by atoms with Crippen molar-refractivity contribution in [2.75, 3.05) is 11.4 Å². The van der Waals surface area contributed by atoms with Gasteiger partial charge < -0.3 is 10.6 Å². The predicted molar refractivity (Wildman–Crippen MR) is 67.8 cm³/mol. The van der Waals surface area contributed by atoms with Crippen molar-refractivity contribution < 1.29 is 0 Å². The normalized spacial score (nSPS) is 19.8. The number of hydrogen-bond acceptors (Lipinski definition) is 2. The number of aryl methyl sites for hydroxylation is 1. The number of benzene rings is 1. The molecule has 1 aromatic rings. The van der Waals surface area contributed by atoms with E-state index in [4.69, 9.17) is 5.73 Å². The highest BCUT2D eigenvalue weighted by atomic mass is 15.2. The maximum Gasteiger partial charge on any atom is 0.0768 e. The van der Waals surface area contributed by atoms with Crippen LogP contribution in [0.1, 0.15) is 36.5 Å². The Bertz CT molecular complexity index is 411. The molecule has 1 aliphatic carbocycles. The van der Waals surface area contributed by atoms with E-state index in [1.165, 1.54) is 36.9 Å². The molecule has 2 N–H and O–H groups in total. The van der Waals surface area contributed by atoms with Gasteiger partial charge in [0.2, 0.25) is 0 Å². The van der Waals surface area contributed by atoms with Crippen molar-refractivity contribution in [2.24, 2.45) is 5.73 Å². The molecule has 16 heavy (non-hydrogen) atoms. The molecule has 1 aliphatic heterocycles. The fourth-order valence-corrected chi connectivity index (χ4v) is 3.16. The van der Waals surface area contributed by atoms with Gasteiger partial charge in [-0.3, -0.25) is 0 Å². The van der Waals surface area contributed by atoms with Crippen LogP contribution in [-0.4, -0.2) is 12.7 Å². The first-order valence-electron chi connectivity index (χ1n) is 6.47. The maximum absolute atomic E-state index is 6.21. The molecule has 1 atom stereocenters. The first-order chi connectivity index (χ1) is 7.81. The molecule has 0 radical (unpaired) electrons. The summed E-state index contributed by atoms with van der Waals surface area (Å²) in [5.41, 5.74) is 12.4. The van der Waals surface area contributed by atoms with E-state index in [1.54, 1.807) is 11.1 Å². The molecular formula is C14H20N2. The number of rotatable bonds is 2. The third kappa shape index (κ3) is 1.36. The van der Waals surface area contributed by atoms with Crippen molar-refractivity contribution in [2.45, 2.75) is 45.2 Å². The lowest BCUT2D eigenvalue weighted by Gasteiger charge is -2.28. The Morgan fingerprint density at radius 3 is 2.88 bits per heavy atom. The summed E-state index contributed by atoms with van der Waals surface area (Å²) in [6, 6.07) is 4.66. The molecule has 86 valence electrons. The molecule has 2 nitrogen and oxygen atoms in total. The topological polar surface area (TPSA) is 29.3 Å². The monoisotopic (exact) mass is 216 g/mol. The molecule has 0 aromatic heterocycles. The first-order valence-corrected chi connectivity index (χ1v) is 6.47. The van der Waals surface area contributed by atoms with Crippen LogP contribution in [-0.2, 0) is 19.3 Å². The van der Waals surface area contributed by atoms with Crippen molar-refractivity contribution in [3.63, 3.8) is 0 Å². The zero-order valence-electron chi connectivity index (χ0n) is 10.00. The summed E-state index contributed by atoms with van der Waals surface area (Å²) < 4.78 is 0. The molecule has 0 saturated carbocycles. The molecule has 0 unspecified atom stereocenters. The number of nitrogens with two attached hydrogens (primary N) is 1. The van der Waals surface area contributed by atoms with Crippen molar-refractivity contribution in [3.05, 3.63) is 28.8 Å². The van der Waals surface area contributed by atoms with Crippen LogP contribution in [0.15, 0.2) is 12.1 Å². The van der Waals surface area contributed by atoms with Crippen LogP contribution in [0.2, 0.25) is 0 Å². The zero-order valence-corrected chi connectivity index (χ0v) is 10.00. The number of nitrogens with zero attached hydrogens (tertiary/aromatic N) is 1. The molecule has 3 rings (SSSR count). The van der Waals surface area contributed by atoms with Gasteiger partial charge in [0, 0.05) is 12.2 Å². The fourth-order valence-electron chi connectivity index (χ4n) is 3.16. The SMILES string of the molecule is CC[C@@H](N)N1CCc2ccc3c(c21)CCC3. The summed E-state index contributed by atoms with van der Waals surface area (Å²) in [6.45, 7) is 3.28. The van der Waals surface area contributed by atoms with E-state index < -0.39 is 0 Å². The van der Waals surface area contributed by atoms with Gasteiger partial charge in [-0.05, 0) is 48.8 Å². The minimum absolute atomic E-state index is 0.202. The molecule has 0 amide bonds. The number of anilines is 1. The molecule has 0 fully saturated rings. The highest BCUT2D eigenvalue weighted by Crippen LogP contribution is 2.38. The second kappa shape index (κ2) is 3.77. The summed E-state index contributed by atoms with van der Waals surface area (Å²) in [4.78, 5) is 2.43. The van der Waals surface area contributed by atoms with Crippen LogP contribution >= 0.6 is 0 Å². The minimum atomic E-state index is 0.202. The van der Waals surface area contributed by atoms with Gasteiger partial charge in [-0.15, -0.1) is 0 Å². The van der Waals surface area contributed by atoms with E-state index in [1.807, 2.05) is 0 Å². The first kappa shape index (κ1) is 10.2. The summed E-state index contributed by atoms with van der Waals surface area (Å²) in [7, 11) is 0. The molecule has 0 spiro atoms. The average molecular weight is 216 g/mol. The van der Waals surface area contributed by atoms with E-state index in [0.717, 1.165) is 13.0 Å². The zero-order chi connectivity index (χ0) is 11.1. The summed E-state index contributed by atoms with van der Waals surface area (Å²) in [5, 5.41) is 0. The van der Waals surface area contributed by atoms with Gasteiger partial charge in [-0.1, -0.05) is 19.1 Å². The Balaban J connectivity index is 2.07. The van der Waals surface area contributed by atoms with Gasteiger partial charge in [0.05, 0.1) is 6.17 Å². The van der Waals surface area contributed by atoms with Crippen LogP contribution in [0.5, 0.6) is 0 Å². The highest BCUT2D eigenvalue weighted by molar-refractivity contribution is 5.67. The van der Waals surface area contributed by atoms with Gasteiger partial charge in [-0.2, -0.15) is 0 Å². The highest BCUT2D eigenvalue weighted by Gasteiger charge is 2.28. The molecular weight excluding hydrogens is 196 g/mol. The second-order valence-corrected chi connectivity index (χ2v) is 4.98.